The molecule has 0 aliphatic carbocycles. The normalized spacial score (nSPS) is 20.0. The predicted octanol–water partition coefficient (Wildman–Crippen LogP) is 2.65. The third kappa shape index (κ3) is 6.29. The number of hydrogen-bond acceptors (Lipinski definition) is 3. The zero-order valence-electron chi connectivity index (χ0n) is 14.0. The van der Waals surface area contributed by atoms with E-state index in [0.29, 0.717) is 12.3 Å². The molecular weight excluding hydrogens is 423 g/mol. The van der Waals surface area contributed by atoms with E-state index in [4.69, 9.17) is 4.99 Å². The fourth-order valence-electron chi connectivity index (χ4n) is 2.53. The van der Waals surface area contributed by atoms with Crippen LogP contribution in [0.2, 0.25) is 0 Å². The molecule has 1 aromatic heterocycles. The summed E-state index contributed by atoms with van der Waals surface area (Å²) in [6.45, 7) is 6.60. The number of carbonyl (C=O) groups is 1. The second-order valence-electron chi connectivity index (χ2n) is 5.79. The molecule has 1 fully saturated rings. The van der Waals surface area contributed by atoms with Gasteiger partial charge in [-0.3, -0.25) is 9.79 Å². The predicted molar refractivity (Wildman–Crippen MR) is 108 cm³/mol. The van der Waals surface area contributed by atoms with Gasteiger partial charge in [-0.2, -0.15) is 0 Å². The van der Waals surface area contributed by atoms with Gasteiger partial charge >= 0.3 is 0 Å². The van der Waals surface area contributed by atoms with Gasteiger partial charge in [0.15, 0.2) is 5.96 Å². The van der Waals surface area contributed by atoms with E-state index in [-0.39, 0.29) is 35.9 Å². The van der Waals surface area contributed by atoms with E-state index in [1.165, 1.54) is 4.88 Å². The lowest BCUT2D eigenvalue weighted by Crippen LogP contribution is -2.51. The van der Waals surface area contributed by atoms with Crippen molar-refractivity contribution in [3.8, 4) is 0 Å². The van der Waals surface area contributed by atoms with Gasteiger partial charge in [0.1, 0.15) is 0 Å². The summed E-state index contributed by atoms with van der Waals surface area (Å²) in [6, 6.07) is 4.52. The lowest BCUT2D eigenvalue weighted by Gasteiger charge is -2.31. The average molecular weight is 450 g/mol. The molecule has 0 saturated carbocycles. The first-order chi connectivity index (χ1) is 10.6. The Balaban J connectivity index is 0.00000264. The highest BCUT2D eigenvalue weighted by molar-refractivity contribution is 14.0. The van der Waals surface area contributed by atoms with Crippen molar-refractivity contribution in [3.05, 3.63) is 22.4 Å². The van der Waals surface area contributed by atoms with Crippen LogP contribution in [-0.2, 0) is 4.79 Å². The van der Waals surface area contributed by atoms with Crippen LogP contribution in [0.3, 0.4) is 0 Å². The fraction of sp³-hybridized carbons (Fsp3) is 0.625. The number of nitrogens with one attached hydrogen (secondary N) is 2. The summed E-state index contributed by atoms with van der Waals surface area (Å²) in [5.41, 5.74) is 0. The van der Waals surface area contributed by atoms with Gasteiger partial charge in [0.05, 0.1) is 6.54 Å². The molecule has 2 unspecified atom stereocenters. The molecule has 2 rings (SSSR count). The van der Waals surface area contributed by atoms with E-state index in [0.717, 1.165) is 32.0 Å². The van der Waals surface area contributed by atoms with Gasteiger partial charge in [-0.05, 0) is 24.8 Å². The number of amides is 1. The van der Waals surface area contributed by atoms with Crippen molar-refractivity contribution in [1.82, 2.24) is 15.5 Å². The number of likely N-dealkylation sites (tertiary alicyclic amines) is 1. The molecule has 1 aromatic rings. The molecule has 2 N–H and O–H groups in total. The number of thiophene rings is 1. The molecule has 2 heterocycles. The number of carbonyl (C=O) groups excluding carboxylic acids is 1. The van der Waals surface area contributed by atoms with Crippen molar-refractivity contribution in [2.75, 3.05) is 26.7 Å². The molecule has 1 aliphatic rings. The van der Waals surface area contributed by atoms with Gasteiger partial charge in [0, 0.05) is 43.4 Å². The van der Waals surface area contributed by atoms with Crippen LogP contribution in [0, 0.1) is 0 Å². The van der Waals surface area contributed by atoms with Crippen LogP contribution in [0.15, 0.2) is 22.5 Å². The SMILES string of the molecule is CCNC(=NCC(C)c1cccs1)NC1CCC(=O)N(C)C1.I. The molecule has 0 bridgehead atoms. The third-order valence-electron chi connectivity index (χ3n) is 3.86. The monoisotopic (exact) mass is 450 g/mol. The van der Waals surface area contributed by atoms with Crippen LogP contribution in [0.25, 0.3) is 0 Å². The molecule has 1 saturated heterocycles. The molecule has 0 spiro atoms. The van der Waals surface area contributed by atoms with Gasteiger partial charge in [-0.15, -0.1) is 35.3 Å². The van der Waals surface area contributed by atoms with Crippen molar-refractivity contribution in [2.45, 2.75) is 38.6 Å². The van der Waals surface area contributed by atoms with Crippen molar-refractivity contribution in [1.29, 1.82) is 0 Å². The number of piperidine rings is 1. The number of rotatable bonds is 5. The van der Waals surface area contributed by atoms with Gasteiger partial charge in [0.25, 0.3) is 0 Å². The van der Waals surface area contributed by atoms with Crippen LogP contribution < -0.4 is 10.6 Å². The number of halogens is 1. The van der Waals surface area contributed by atoms with Gasteiger partial charge < -0.3 is 15.5 Å². The van der Waals surface area contributed by atoms with Gasteiger partial charge in [-0.25, -0.2) is 0 Å². The van der Waals surface area contributed by atoms with Crippen molar-refractivity contribution < 1.29 is 4.79 Å². The maximum absolute atomic E-state index is 11.6. The third-order valence-corrected chi connectivity index (χ3v) is 4.97. The Labute approximate surface area is 160 Å². The molecule has 0 radical (unpaired) electrons. The number of guanidine groups is 1. The molecule has 1 aliphatic heterocycles. The van der Waals surface area contributed by atoms with Crippen LogP contribution in [0.4, 0.5) is 0 Å². The van der Waals surface area contributed by atoms with Crippen molar-refractivity contribution in [3.63, 3.8) is 0 Å². The Hall–Kier alpha value is -0.830. The lowest BCUT2D eigenvalue weighted by atomic mass is 10.1. The highest BCUT2D eigenvalue weighted by Crippen LogP contribution is 2.20. The molecule has 7 heteroatoms. The minimum Gasteiger partial charge on any atom is -0.357 e. The van der Waals surface area contributed by atoms with Crippen molar-refractivity contribution in [2.24, 2.45) is 4.99 Å². The first-order valence-corrected chi connectivity index (χ1v) is 8.80. The van der Waals surface area contributed by atoms with E-state index >= 15 is 0 Å². The zero-order chi connectivity index (χ0) is 15.9. The Morgan fingerprint density at radius 2 is 2.35 bits per heavy atom. The van der Waals surface area contributed by atoms with Crippen LogP contribution >= 0.6 is 35.3 Å². The Morgan fingerprint density at radius 1 is 1.57 bits per heavy atom. The molecule has 2 atom stereocenters. The largest absolute Gasteiger partial charge is 0.357 e. The van der Waals surface area contributed by atoms with Crippen LogP contribution in [-0.4, -0.2) is 49.5 Å². The number of nitrogens with zero attached hydrogens (tertiary/aromatic N) is 2. The number of likely N-dealkylation sites (N-methyl/N-ethyl adjacent to an activating group) is 1. The van der Waals surface area contributed by atoms with E-state index in [1.807, 2.05) is 7.05 Å². The minimum atomic E-state index is 0. The summed E-state index contributed by atoms with van der Waals surface area (Å²) in [5, 5.41) is 8.86. The second-order valence-corrected chi connectivity index (χ2v) is 6.77. The van der Waals surface area contributed by atoms with Gasteiger partial charge in [-0.1, -0.05) is 13.0 Å². The first kappa shape index (κ1) is 20.2. The highest BCUT2D eigenvalue weighted by Gasteiger charge is 2.23. The smallest absolute Gasteiger partial charge is 0.222 e. The number of hydrogen-bond donors (Lipinski definition) is 2. The van der Waals surface area contributed by atoms with E-state index in [2.05, 4.69) is 42.0 Å². The summed E-state index contributed by atoms with van der Waals surface area (Å²) < 4.78 is 0. The van der Waals surface area contributed by atoms with Crippen LogP contribution in [0.1, 0.15) is 37.5 Å². The Bertz CT molecular complexity index is 506. The standard InChI is InChI=1S/C16H26N4OS.HI/c1-4-17-16(18-10-12(2)14-6-5-9-22-14)19-13-7-8-15(21)20(3)11-13;/h5-6,9,12-13H,4,7-8,10-11H2,1-3H3,(H2,17,18,19);1H. The Kier molecular flexibility index (Phi) is 8.90. The lowest BCUT2D eigenvalue weighted by molar-refractivity contribution is -0.132. The molecule has 23 heavy (non-hydrogen) atoms. The first-order valence-electron chi connectivity index (χ1n) is 7.92. The summed E-state index contributed by atoms with van der Waals surface area (Å²) >= 11 is 1.78. The summed E-state index contributed by atoms with van der Waals surface area (Å²) in [6.07, 6.45) is 1.48. The minimum absolute atomic E-state index is 0. The molecule has 1 amide bonds. The average Bonchev–Trinajstić information content (AvgIpc) is 3.03. The molecule has 130 valence electrons. The molecular formula is C16H27IN4OS. The van der Waals surface area contributed by atoms with E-state index < -0.39 is 0 Å². The van der Waals surface area contributed by atoms with E-state index in [9.17, 15) is 4.79 Å². The zero-order valence-corrected chi connectivity index (χ0v) is 17.2. The summed E-state index contributed by atoms with van der Waals surface area (Å²) in [4.78, 5) is 19.4. The maximum atomic E-state index is 11.6. The summed E-state index contributed by atoms with van der Waals surface area (Å²) in [7, 11) is 1.86. The summed E-state index contributed by atoms with van der Waals surface area (Å²) in [5.74, 6) is 1.50. The second kappa shape index (κ2) is 10.1. The van der Waals surface area contributed by atoms with Crippen molar-refractivity contribution >= 4 is 47.2 Å². The maximum Gasteiger partial charge on any atom is 0.222 e. The molecule has 5 nitrogen and oxygen atoms in total. The van der Waals surface area contributed by atoms with Gasteiger partial charge in [0.2, 0.25) is 5.91 Å². The quantitative estimate of drug-likeness (QED) is 0.412. The highest BCUT2D eigenvalue weighted by atomic mass is 127. The molecule has 0 aromatic carbocycles. The van der Waals surface area contributed by atoms with Crippen LogP contribution in [0.5, 0.6) is 0 Å². The Morgan fingerprint density at radius 3 is 2.96 bits per heavy atom. The number of aliphatic imine (C=N–C) groups is 1. The fourth-order valence-corrected chi connectivity index (χ4v) is 3.31. The topological polar surface area (TPSA) is 56.7 Å². The van der Waals surface area contributed by atoms with E-state index in [1.54, 1.807) is 16.2 Å².